The molecule has 2 aromatic rings. The average molecular weight is 448 g/mol. The fourth-order valence-electron chi connectivity index (χ4n) is 1.83. The van der Waals surface area contributed by atoms with Gasteiger partial charge in [-0.15, -0.1) is 0 Å². The van der Waals surface area contributed by atoms with Crippen LogP contribution in [0.1, 0.15) is 0 Å². The molecule has 2 radical (unpaired) electrons. The van der Waals surface area contributed by atoms with Crippen molar-refractivity contribution in [2.75, 3.05) is 9.62 Å². The number of benzene rings is 1. The average Bonchev–Trinajstić information content (AvgIpc) is 2.89. The van der Waals surface area contributed by atoms with Crippen molar-refractivity contribution in [1.82, 2.24) is 4.98 Å². The molecule has 0 bridgehead atoms. The van der Waals surface area contributed by atoms with E-state index in [0.29, 0.717) is 0 Å². The van der Waals surface area contributed by atoms with E-state index in [-0.39, 0.29) is 25.9 Å². The van der Waals surface area contributed by atoms with E-state index in [1.807, 2.05) is 35.1 Å². The second-order valence-electron chi connectivity index (χ2n) is 4.02. The van der Waals surface area contributed by atoms with Gasteiger partial charge < -0.3 is 9.62 Å². The van der Waals surface area contributed by atoms with E-state index >= 15 is 0 Å². The smallest absolute Gasteiger partial charge is 0.374 e. The Kier molecular flexibility index (Phi) is 4.52. The van der Waals surface area contributed by atoms with Crippen molar-refractivity contribution in [1.29, 1.82) is 0 Å². The van der Waals surface area contributed by atoms with Crippen LogP contribution in [0, 0.1) is 11.6 Å². The molecule has 102 valence electrons. The zero-order valence-electron chi connectivity index (χ0n) is 10.2. The van der Waals surface area contributed by atoms with Gasteiger partial charge in [-0.3, -0.25) is 0 Å². The molecule has 0 amide bonds. The number of hydrogen-bond donors (Lipinski definition) is 0. The first kappa shape index (κ1) is 14.7. The summed E-state index contributed by atoms with van der Waals surface area (Å²) in [7, 11) is 1.68. The van der Waals surface area contributed by atoms with Gasteiger partial charge in [0.15, 0.2) is 11.6 Å². The third kappa shape index (κ3) is 2.89. The zero-order valence-corrected chi connectivity index (χ0v) is 12.6. The molecule has 20 heavy (non-hydrogen) atoms. The van der Waals surface area contributed by atoms with Crippen molar-refractivity contribution in [3.05, 3.63) is 66.6 Å². The first-order valence-corrected chi connectivity index (χ1v) is 5.70. The van der Waals surface area contributed by atoms with Gasteiger partial charge in [0.1, 0.15) is 5.82 Å². The fourth-order valence-corrected chi connectivity index (χ4v) is 1.83. The van der Waals surface area contributed by atoms with E-state index in [2.05, 4.69) is 4.98 Å². The second kappa shape index (κ2) is 6.16. The Hall–Kier alpha value is -1.72. The molecular weight excluding hydrogens is 439 g/mol. The first-order chi connectivity index (χ1) is 9.24. The van der Waals surface area contributed by atoms with Crippen LogP contribution in [0.5, 0.6) is 0 Å². The summed E-state index contributed by atoms with van der Waals surface area (Å²) in [6.45, 7) is 0. The maximum absolute atomic E-state index is 13.6. The molecule has 3 rings (SSSR count). The summed E-state index contributed by atoms with van der Waals surface area (Å²) in [4.78, 5) is 7.08. The van der Waals surface area contributed by atoms with E-state index < -0.39 is 11.6 Å². The Morgan fingerprint density at radius 2 is 1.70 bits per heavy atom. The summed E-state index contributed by atoms with van der Waals surface area (Å²) in [5.41, 5.74) is 0.948. The summed E-state index contributed by atoms with van der Waals surface area (Å²) in [6, 6.07) is 10.4. The van der Waals surface area contributed by atoms with Crippen LogP contribution in [0.2, 0.25) is 0 Å². The third-order valence-electron chi connectivity index (χ3n) is 2.72. The first-order valence-electron chi connectivity index (χ1n) is 5.70. The molecule has 2 heterocycles. The van der Waals surface area contributed by atoms with Gasteiger partial charge >= 0.3 is 7.55 Å². The summed E-state index contributed by atoms with van der Waals surface area (Å²) in [5, 5.41) is 0. The second-order valence-corrected chi connectivity index (χ2v) is 4.02. The van der Waals surface area contributed by atoms with Crippen LogP contribution in [0.25, 0.3) is 0 Å². The predicted octanol–water partition coefficient (Wildman–Crippen LogP) is 2.69. The Morgan fingerprint density at radius 3 is 2.40 bits per heavy atom. The molecule has 0 unspecified atom stereocenters. The van der Waals surface area contributed by atoms with E-state index in [1.165, 1.54) is 4.81 Å². The molecular formula is C13H9BF2IrN3. The van der Waals surface area contributed by atoms with Gasteiger partial charge in [-0.1, -0.05) is 18.2 Å². The molecule has 0 saturated carbocycles. The van der Waals surface area contributed by atoms with Crippen molar-refractivity contribution >= 4 is 19.1 Å². The fraction of sp³-hybridized carbons (Fsp3) is 0. The molecule has 0 saturated heterocycles. The van der Waals surface area contributed by atoms with Crippen LogP contribution >= 0.6 is 0 Å². The molecule has 1 aliphatic heterocycles. The number of halogens is 2. The monoisotopic (exact) mass is 449 g/mol. The van der Waals surface area contributed by atoms with Crippen molar-refractivity contribution in [3.63, 3.8) is 0 Å². The van der Waals surface area contributed by atoms with Gasteiger partial charge in [-0.25, -0.2) is 13.8 Å². The van der Waals surface area contributed by atoms with E-state index in [1.54, 1.807) is 19.9 Å². The minimum Gasteiger partial charge on any atom is -0.374 e. The molecule has 1 aromatic heterocycles. The van der Waals surface area contributed by atoms with Crippen molar-refractivity contribution in [2.45, 2.75) is 0 Å². The molecule has 0 atom stereocenters. The van der Waals surface area contributed by atoms with Crippen molar-refractivity contribution in [3.8, 4) is 0 Å². The number of anilines is 2. The maximum atomic E-state index is 13.6. The Morgan fingerprint density at radius 1 is 1.00 bits per heavy atom. The minimum atomic E-state index is -0.698. The van der Waals surface area contributed by atoms with Crippen LogP contribution in [0.3, 0.4) is 0 Å². The quantitative estimate of drug-likeness (QED) is 0.659. The zero-order chi connectivity index (χ0) is 13.2. The molecule has 0 aliphatic carbocycles. The Labute approximate surface area is 129 Å². The number of para-hydroxylation sites is 1. The maximum Gasteiger partial charge on any atom is 0.401 e. The Balaban J connectivity index is 0.00000147. The van der Waals surface area contributed by atoms with Crippen molar-refractivity contribution < 1.29 is 28.9 Å². The minimum absolute atomic E-state index is 0. The summed E-state index contributed by atoms with van der Waals surface area (Å²) >= 11 is 0. The molecule has 1 aliphatic rings. The third-order valence-corrected chi connectivity index (χ3v) is 2.72. The largest absolute Gasteiger partial charge is 0.401 e. The summed E-state index contributed by atoms with van der Waals surface area (Å²) < 4.78 is 26.4. The van der Waals surface area contributed by atoms with Gasteiger partial charge in [0.2, 0.25) is 0 Å². The van der Waals surface area contributed by atoms with Crippen LogP contribution in [-0.4, -0.2) is 12.5 Å². The molecule has 0 fully saturated rings. The van der Waals surface area contributed by atoms with Gasteiger partial charge in [-0.2, -0.15) is 0 Å². The number of aromatic nitrogens is 1. The Bertz CT molecular complexity index is 624. The van der Waals surface area contributed by atoms with E-state index in [4.69, 9.17) is 0 Å². The topological polar surface area (TPSA) is 19.4 Å². The van der Waals surface area contributed by atoms with Gasteiger partial charge in [-0.05, 0) is 12.1 Å². The van der Waals surface area contributed by atoms with Crippen LogP contribution < -0.4 is 9.62 Å². The van der Waals surface area contributed by atoms with Gasteiger partial charge in [0.05, 0.1) is 6.20 Å². The number of hydrogen-bond acceptors (Lipinski definition) is 3. The van der Waals surface area contributed by atoms with Crippen LogP contribution in [0.4, 0.5) is 20.3 Å². The van der Waals surface area contributed by atoms with Crippen LogP contribution in [-0.2, 0) is 20.1 Å². The van der Waals surface area contributed by atoms with Gasteiger partial charge in [0, 0.05) is 44.3 Å². The standard InChI is InChI=1S/C13H9BF2N3.Ir/c15-10-8-12(16)13(17-9-10)19-7-6-18(14-19)11-4-2-1-3-5-11;/h1-9H;. The SMILES string of the molecule is Fc1cnc(N2[B]N(c3ccccc3)C=C2)c(F)c1.[Ir]. The van der Waals surface area contributed by atoms with Crippen LogP contribution in [0.15, 0.2) is 55.0 Å². The normalized spacial score (nSPS) is 13.1. The summed E-state index contributed by atoms with van der Waals surface area (Å²) in [6.07, 6.45) is 4.43. The van der Waals surface area contributed by atoms with E-state index in [0.717, 1.165) is 18.0 Å². The summed E-state index contributed by atoms with van der Waals surface area (Å²) in [5.74, 6) is -1.32. The van der Waals surface area contributed by atoms with Gasteiger partial charge in [0.25, 0.3) is 0 Å². The number of pyridine rings is 1. The number of rotatable bonds is 2. The molecule has 0 spiro atoms. The molecule has 1 aromatic carbocycles. The molecule has 3 nitrogen and oxygen atoms in total. The van der Waals surface area contributed by atoms with Crippen molar-refractivity contribution in [2.24, 2.45) is 0 Å². The predicted molar refractivity (Wildman–Crippen MR) is 70.4 cm³/mol. The van der Waals surface area contributed by atoms with E-state index in [9.17, 15) is 8.78 Å². The molecule has 0 N–H and O–H groups in total. The molecule has 7 heteroatoms. The number of nitrogens with zero attached hydrogens (tertiary/aromatic N) is 3.